The molecule has 0 aromatic heterocycles. The van der Waals surface area contributed by atoms with Crippen LogP contribution in [0.4, 0.5) is 0 Å². The fourth-order valence-electron chi connectivity index (χ4n) is 2.82. The molecule has 0 saturated carbocycles. The van der Waals surface area contributed by atoms with Gasteiger partial charge in [-0.15, -0.1) is 0 Å². The fourth-order valence-corrected chi connectivity index (χ4v) is 2.82. The number of esters is 3. The lowest BCUT2D eigenvalue weighted by Gasteiger charge is -2.08. The summed E-state index contributed by atoms with van der Waals surface area (Å²) in [5, 5.41) is 1.76. The Morgan fingerprint density at radius 1 is 0.844 bits per heavy atom. The topological polar surface area (TPSA) is 78.9 Å². The second-order valence-electron chi connectivity index (χ2n) is 7.10. The molecule has 6 nitrogen and oxygen atoms in total. The van der Waals surface area contributed by atoms with E-state index in [0.717, 1.165) is 28.0 Å². The van der Waals surface area contributed by atoms with Gasteiger partial charge in [0.15, 0.2) is 0 Å². The van der Waals surface area contributed by atoms with Gasteiger partial charge in [0, 0.05) is 11.6 Å². The lowest BCUT2D eigenvalue weighted by Crippen LogP contribution is -2.08. The first-order valence-electron chi connectivity index (χ1n) is 9.81. The summed E-state index contributed by atoms with van der Waals surface area (Å²) in [4.78, 5) is 35.2. The minimum atomic E-state index is -0.489. The number of carbonyl (C=O) groups is 3. The Morgan fingerprint density at radius 2 is 1.47 bits per heavy atom. The van der Waals surface area contributed by atoms with Crippen molar-refractivity contribution in [3.8, 4) is 5.75 Å². The zero-order valence-corrected chi connectivity index (χ0v) is 17.6. The Kier molecular flexibility index (Phi) is 7.18. The third-order valence-electron chi connectivity index (χ3n) is 4.54. The van der Waals surface area contributed by atoms with Gasteiger partial charge in [0.25, 0.3) is 0 Å². The van der Waals surface area contributed by atoms with Crippen molar-refractivity contribution in [1.82, 2.24) is 0 Å². The Labute approximate surface area is 185 Å². The normalized spacial score (nSPS) is 10.3. The van der Waals surface area contributed by atoms with Gasteiger partial charge in [0.05, 0.1) is 5.56 Å². The zero-order chi connectivity index (χ0) is 23.1. The molecule has 32 heavy (non-hydrogen) atoms. The molecular formula is C26H22O6. The van der Waals surface area contributed by atoms with Crippen molar-refractivity contribution in [2.45, 2.75) is 20.1 Å². The maximum atomic E-state index is 12.5. The zero-order valence-electron chi connectivity index (χ0n) is 17.6. The van der Waals surface area contributed by atoms with Crippen molar-refractivity contribution in [2.75, 3.05) is 0 Å². The monoisotopic (exact) mass is 430 g/mol. The lowest BCUT2D eigenvalue weighted by molar-refractivity contribution is -0.140. The molecular weight excluding hydrogens is 408 g/mol. The molecule has 3 aromatic rings. The van der Waals surface area contributed by atoms with Crippen molar-refractivity contribution >= 4 is 28.7 Å². The predicted molar refractivity (Wildman–Crippen MR) is 120 cm³/mol. The van der Waals surface area contributed by atoms with Crippen LogP contribution in [0.25, 0.3) is 10.8 Å². The molecule has 3 rings (SSSR count). The maximum absolute atomic E-state index is 12.5. The first kappa shape index (κ1) is 22.5. The van der Waals surface area contributed by atoms with E-state index >= 15 is 0 Å². The molecule has 0 bridgehead atoms. The van der Waals surface area contributed by atoms with Gasteiger partial charge in [-0.1, -0.05) is 43.5 Å². The highest BCUT2D eigenvalue weighted by atomic mass is 16.5. The predicted octanol–water partition coefficient (Wildman–Crippen LogP) is 4.91. The van der Waals surface area contributed by atoms with Crippen molar-refractivity contribution in [2.24, 2.45) is 0 Å². The van der Waals surface area contributed by atoms with E-state index in [-0.39, 0.29) is 13.2 Å². The van der Waals surface area contributed by atoms with Crippen molar-refractivity contribution in [1.29, 1.82) is 0 Å². The smallest absolute Gasteiger partial charge is 0.343 e. The van der Waals surface area contributed by atoms with E-state index in [2.05, 4.69) is 13.2 Å². The number of benzene rings is 3. The van der Waals surface area contributed by atoms with Crippen molar-refractivity contribution < 1.29 is 28.6 Å². The van der Waals surface area contributed by atoms with E-state index in [0.29, 0.717) is 16.9 Å². The van der Waals surface area contributed by atoms with Gasteiger partial charge >= 0.3 is 17.9 Å². The summed E-state index contributed by atoms with van der Waals surface area (Å²) in [5.41, 5.74) is 2.33. The number of carbonyl (C=O) groups excluding carboxylic acids is 3. The summed E-state index contributed by atoms with van der Waals surface area (Å²) < 4.78 is 15.6. The quantitative estimate of drug-likeness (QED) is 0.287. The van der Waals surface area contributed by atoms with Gasteiger partial charge in [-0.05, 0) is 59.2 Å². The second-order valence-corrected chi connectivity index (χ2v) is 7.10. The highest BCUT2D eigenvalue weighted by molar-refractivity contribution is 5.96. The van der Waals surface area contributed by atoms with Crippen molar-refractivity contribution in [3.05, 3.63) is 102 Å². The van der Waals surface area contributed by atoms with Crippen LogP contribution in [0.1, 0.15) is 28.4 Å². The standard InChI is InChI=1S/C26H22O6/c1-4-24(27)30-16-19-5-8-21-14-22(10-9-20(21)13-19)26(29)32-23-11-6-18(7-12-23)15-31-25(28)17(2)3/h4-14H,1-2,15-16H2,3H3. The molecule has 3 aromatic carbocycles. The summed E-state index contributed by atoms with van der Waals surface area (Å²) >= 11 is 0. The van der Waals surface area contributed by atoms with Crippen LogP contribution in [-0.2, 0) is 32.3 Å². The highest BCUT2D eigenvalue weighted by Gasteiger charge is 2.11. The minimum absolute atomic E-state index is 0.110. The van der Waals surface area contributed by atoms with E-state index in [1.54, 1.807) is 43.3 Å². The Morgan fingerprint density at radius 3 is 2.16 bits per heavy atom. The van der Waals surface area contributed by atoms with E-state index in [1.807, 2.05) is 24.3 Å². The molecule has 0 unspecified atom stereocenters. The van der Waals surface area contributed by atoms with Crippen LogP contribution in [0.15, 0.2) is 85.5 Å². The number of rotatable bonds is 8. The average Bonchev–Trinajstić information content (AvgIpc) is 2.81. The third-order valence-corrected chi connectivity index (χ3v) is 4.54. The molecule has 0 fully saturated rings. The summed E-state index contributed by atoms with van der Waals surface area (Å²) in [6.45, 7) is 8.73. The molecule has 0 atom stereocenters. The molecule has 0 heterocycles. The van der Waals surface area contributed by atoms with Gasteiger partial charge in [0.1, 0.15) is 19.0 Å². The highest BCUT2D eigenvalue weighted by Crippen LogP contribution is 2.21. The van der Waals surface area contributed by atoms with E-state index in [9.17, 15) is 14.4 Å². The first-order chi connectivity index (χ1) is 15.4. The molecule has 0 aliphatic heterocycles. The lowest BCUT2D eigenvalue weighted by atomic mass is 10.0. The summed E-state index contributed by atoms with van der Waals surface area (Å²) in [7, 11) is 0. The van der Waals surface area contributed by atoms with E-state index in [4.69, 9.17) is 14.2 Å². The van der Waals surface area contributed by atoms with E-state index < -0.39 is 17.9 Å². The summed E-state index contributed by atoms with van der Waals surface area (Å²) in [6.07, 6.45) is 1.12. The summed E-state index contributed by atoms with van der Waals surface area (Å²) in [5.74, 6) is -1.05. The average molecular weight is 430 g/mol. The molecule has 0 radical (unpaired) electrons. The number of ether oxygens (including phenoxy) is 3. The first-order valence-corrected chi connectivity index (χ1v) is 9.81. The number of hydrogen-bond acceptors (Lipinski definition) is 6. The molecule has 0 aliphatic rings. The molecule has 6 heteroatoms. The van der Waals surface area contributed by atoms with Gasteiger partial charge in [0.2, 0.25) is 0 Å². The molecule has 0 amide bonds. The number of fused-ring (bicyclic) bond motifs is 1. The third kappa shape index (κ3) is 5.92. The maximum Gasteiger partial charge on any atom is 0.343 e. The second kappa shape index (κ2) is 10.2. The Balaban J connectivity index is 1.63. The van der Waals surface area contributed by atoms with Crippen LogP contribution in [0, 0.1) is 0 Å². The minimum Gasteiger partial charge on any atom is -0.458 e. The van der Waals surface area contributed by atoms with Crippen molar-refractivity contribution in [3.63, 3.8) is 0 Å². The summed E-state index contributed by atoms with van der Waals surface area (Å²) in [6, 6.07) is 17.5. The van der Waals surface area contributed by atoms with Gasteiger partial charge in [-0.3, -0.25) is 0 Å². The van der Waals surface area contributed by atoms with Gasteiger partial charge in [-0.25, -0.2) is 14.4 Å². The van der Waals surface area contributed by atoms with Gasteiger partial charge < -0.3 is 14.2 Å². The van der Waals surface area contributed by atoms with Crippen LogP contribution in [0.3, 0.4) is 0 Å². The van der Waals surface area contributed by atoms with Crippen LogP contribution in [0.5, 0.6) is 5.75 Å². The van der Waals surface area contributed by atoms with Gasteiger partial charge in [-0.2, -0.15) is 0 Å². The SMILES string of the molecule is C=CC(=O)OCc1ccc2cc(C(=O)Oc3ccc(COC(=O)C(=C)C)cc3)ccc2c1. The molecule has 0 spiro atoms. The van der Waals surface area contributed by atoms with Crippen LogP contribution in [-0.4, -0.2) is 17.9 Å². The van der Waals surface area contributed by atoms with Crippen LogP contribution in [0.2, 0.25) is 0 Å². The van der Waals surface area contributed by atoms with Crippen LogP contribution < -0.4 is 4.74 Å². The molecule has 0 aliphatic carbocycles. The largest absolute Gasteiger partial charge is 0.458 e. The molecule has 162 valence electrons. The fraction of sp³-hybridized carbons (Fsp3) is 0.115. The molecule has 0 N–H and O–H groups in total. The van der Waals surface area contributed by atoms with Crippen LogP contribution >= 0.6 is 0 Å². The number of hydrogen-bond donors (Lipinski definition) is 0. The Hall–Kier alpha value is -4.19. The molecule has 0 saturated heterocycles. The Bertz CT molecular complexity index is 1190. The van der Waals surface area contributed by atoms with E-state index in [1.165, 1.54) is 0 Å².